The van der Waals surface area contributed by atoms with Gasteiger partial charge in [-0.2, -0.15) is 10.2 Å². The molecule has 3 aromatic carbocycles. The second-order valence-corrected chi connectivity index (χ2v) is 10.8. The fourth-order valence-electron chi connectivity index (χ4n) is 6.71. The largest absolute Gasteiger partial charge is 0.336 e. The maximum Gasteiger partial charge on any atom is 0.274 e. The van der Waals surface area contributed by atoms with E-state index in [4.69, 9.17) is 0 Å². The lowest BCUT2D eigenvalue weighted by atomic mass is 9.86. The minimum atomic E-state index is -0.268. The normalized spacial score (nSPS) is 22.2. The van der Waals surface area contributed by atoms with Crippen LogP contribution >= 0.6 is 0 Å². The molecule has 190 valence electrons. The number of carbonyl (C=O) groups excluding carboxylic acids is 1. The Hall–Kier alpha value is -4.26. The predicted molar refractivity (Wildman–Crippen MR) is 144 cm³/mol. The van der Waals surface area contributed by atoms with Gasteiger partial charge in [-0.05, 0) is 78.9 Å². The van der Waals surface area contributed by atoms with E-state index >= 15 is 0 Å². The second kappa shape index (κ2) is 8.12. The fraction of sp³-hybridized carbons (Fsp3) is 0.258. The molecule has 0 spiro atoms. The van der Waals surface area contributed by atoms with Gasteiger partial charge in [0.2, 0.25) is 0 Å². The molecule has 1 amide bonds. The number of amides is 1. The maximum atomic E-state index is 13.5. The van der Waals surface area contributed by atoms with Crippen LogP contribution in [0.25, 0.3) is 16.6 Å². The molecule has 5 aromatic rings. The third-order valence-electron chi connectivity index (χ3n) is 8.65. The second-order valence-electron chi connectivity index (χ2n) is 10.8. The molecule has 0 unspecified atom stereocenters. The van der Waals surface area contributed by atoms with Gasteiger partial charge in [-0.1, -0.05) is 30.3 Å². The van der Waals surface area contributed by atoms with Gasteiger partial charge in [-0.25, -0.2) is 9.07 Å². The number of aromatic nitrogens is 4. The van der Waals surface area contributed by atoms with E-state index in [1.54, 1.807) is 16.8 Å². The standard InChI is InChI=1S/C31H28FN5O/c1-19-13-28-22(16-33-37(28)24-11-9-23(32)10-12-24)15-25(19)31-18-36(30(38)27-14-20(2)35(3)34-27)17-26(31)29(31)21-7-5-4-6-8-21/h4-16,26,29H,17-18H2,1-3H3/t26-,29-,31+/m0/s1. The van der Waals surface area contributed by atoms with Crippen LogP contribution in [-0.4, -0.2) is 43.5 Å². The lowest BCUT2D eigenvalue weighted by Gasteiger charge is -2.25. The number of carbonyl (C=O) groups is 1. The van der Waals surface area contributed by atoms with Gasteiger partial charge in [-0.3, -0.25) is 9.48 Å². The number of benzene rings is 3. The zero-order valence-corrected chi connectivity index (χ0v) is 21.6. The lowest BCUT2D eigenvalue weighted by molar-refractivity contribution is 0.0762. The average Bonchev–Trinajstić information content (AvgIpc) is 3.25. The van der Waals surface area contributed by atoms with Crippen LogP contribution in [0.15, 0.2) is 79.0 Å². The van der Waals surface area contributed by atoms with E-state index in [0.29, 0.717) is 30.6 Å². The fourth-order valence-corrected chi connectivity index (χ4v) is 6.71. The summed E-state index contributed by atoms with van der Waals surface area (Å²) < 4.78 is 17.1. The van der Waals surface area contributed by atoms with Gasteiger partial charge in [0.25, 0.3) is 5.91 Å². The number of aryl methyl sites for hydroxylation is 3. The molecule has 0 bridgehead atoms. The van der Waals surface area contributed by atoms with E-state index in [9.17, 15) is 9.18 Å². The summed E-state index contributed by atoms with van der Waals surface area (Å²) in [4.78, 5) is 15.5. The van der Waals surface area contributed by atoms with Gasteiger partial charge < -0.3 is 4.90 Å². The van der Waals surface area contributed by atoms with Crippen molar-refractivity contribution in [3.05, 3.63) is 113 Å². The SMILES string of the molecule is Cc1cc2c(cnn2-c2ccc(F)cc2)cc1[C@]12CN(C(=O)c3cc(C)n(C)n3)C[C@H]1[C@@H]2c1ccccc1. The molecule has 1 aliphatic carbocycles. The summed E-state index contributed by atoms with van der Waals surface area (Å²) in [6, 6.07) is 23.4. The first-order chi connectivity index (χ1) is 18.4. The summed E-state index contributed by atoms with van der Waals surface area (Å²) in [5.41, 5.74) is 6.89. The van der Waals surface area contributed by atoms with Crippen molar-refractivity contribution in [3.8, 4) is 5.69 Å². The van der Waals surface area contributed by atoms with Gasteiger partial charge in [0.1, 0.15) is 5.82 Å². The van der Waals surface area contributed by atoms with Crippen molar-refractivity contribution in [3.63, 3.8) is 0 Å². The van der Waals surface area contributed by atoms with Gasteiger partial charge >= 0.3 is 0 Å². The summed E-state index contributed by atoms with van der Waals surface area (Å²) in [7, 11) is 1.87. The van der Waals surface area contributed by atoms with Crippen LogP contribution in [0, 0.1) is 25.6 Å². The number of likely N-dealkylation sites (tertiary alicyclic amines) is 1. The lowest BCUT2D eigenvalue weighted by Crippen LogP contribution is -2.35. The van der Waals surface area contributed by atoms with E-state index in [2.05, 4.69) is 59.6 Å². The van der Waals surface area contributed by atoms with Crippen molar-refractivity contribution in [1.82, 2.24) is 24.5 Å². The Labute approximate surface area is 220 Å². The van der Waals surface area contributed by atoms with Crippen LogP contribution < -0.4 is 0 Å². The Morgan fingerprint density at radius 2 is 1.79 bits per heavy atom. The number of hydrogen-bond acceptors (Lipinski definition) is 3. The molecule has 2 aromatic heterocycles. The molecular formula is C31H28FN5O. The number of piperidine rings is 1. The topological polar surface area (TPSA) is 56.0 Å². The zero-order valence-electron chi connectivity index (χ0n) is 21.6. The van der Waals surface area contributed by atoms with Crippen molar-refractivity contribution < 1.29 is 9.18 Å². The Morgan fingerprint density at radius 3 is 2.50 bits per heavy atom. The van der Waals surface area contributed by atoms with Crippen LogP contribution in [0.4, 0.5) is 4.39 Å². The van der Waals surface area contributed by atoms with Crippen molar-refractivity contribution in [2.75, 3.05) is 13.1 Å². The Balaban J connectivity index is 1.30. The third-order valence-corrected chi connectivity index (χ3v) is 8.65. The Morgan fingerprint density at radius 1 is 1.03 bits per heavy atom. The molecule has 2 aliphatic rings. The Bertz CT molecular complexity index is 1680. The van der Waals surface area contributed by atoms with Crippen LogP contribution in [0.3, 0.4) is 0 Å². The molecule has 7 heteroatoms. The number of fused-ring (bicyclic) bond motifs is 2. The van der Waals surface area contributed by atoms with E-state index in [-0.39, 0.29) is 17.1 Å². The maximum absolute atomic E-state index is 13.5. The van der Waals surface area contributed by atoms with Gasteiger partial charge in [0, 0.05) is 42.6 Å². The predicted octanol–water partition coefficient (Wildman–Crippen LogP) is 5.32. The summed E-state index contributed by atoms with van der Waals surface area (Å²) in [5.74, 6) is 0.411. The molecule has 0 radical (unpaired) electrons. The number of rotatable bonds is 4. The highest BCUT2D eigenvalue weighted by atomic mass is 19.1. The first-order valence-electron chi connectivity index (χ1n) is 13.0. The molecule has 6 nitrogen and oxygen atoms in total. The first kappa shape index (κ1) is 22.9. The number of nitrogens with zero attached hydrogens (tertiary/aromatic N) is 5. The minimum Gasteiger partial charge on any atom is -0.336 e. The smallest absolute Gasteiger partial charge is 0.274 e. The monoisotopic (exact) mass is 505 g/mol. The molecular weight excluding hydrogens is 477 g/mol. The summed E-state index contributed by atoms with van der Waals surface area (Å²) in [6.07, 6.45) is 1.88. The molecule has 2 fully saturated rings. The van der Waals surface area contributed by atoms with Crippen molar-refractivity contribution >= 4 is 16.8 Å². The molecule has 1 saturated carbocycles. The minimum absolute atomic E-state index is 0.00468. The molecule has 0 N–H and O–H groups in total. The van der Waals surface area contributed by atoms with E-state index in [1.165, 1.54) is 28.8 Å². The number of hydrogen-bond donors (Lipinski definition) is 0. The van der Waals surface area contributed by atoms with E-state index in [0.717, 1.165) is 22.3 Å². The van der Waals surface area contributed by atoms with Crippen LogP contribution in [0.1, 0.15) is 38.8 Å². The van der Waals surface area contributed by atoms with Crippen molar-refractivity contribution in [2.45, 2.75) is 25.2 Å². The van der Waals surface area contributed by atoms with Gasteiger partial charge in [-0.15, -0.1) is 0 Å². The van der Waals surface area contributed by atoms with Crippen LogP contribution in [0.5, 0.6) is 0 Å². The molecule has 7 rings (SSSR count). The van der Waals surface area contributed by atoms with E-state index in [1.807, 2.05) is 35.8 Å². The quantitative estimate of drug-likeness (QED) is 0.332. The summed E-state index contributed by atoms with van der Waals surface area (Å²) in [6.45, 7) is 5.48. The highest BCUT2D eigenvalue weighted by Crippen LogP contribution is 2.69. The summed E-state index contributed by atoms with van der Waals surface area (Å²) in [5, 5.41) is 10.1. The average molecular weight is 506 g/mol. The first-order valence-corrected chi connectivity index (χ1v) is 13.0. The van der Waals surface area contributed by atoms with Crippen molar-refractivity contribution in [1.29, 1.82) is 0 Å². The molecule has 1 saturated heterocycles. The van der Waals surface area contributed by atoms with Crippen LogP contribution in [-0.2, 0) is 12.5 Å². The van der Waals surface area contributed by atoms with Gasteiger partial charge in [0.05, 0.1) is 17.4 Å². The van der Waals surface area contributed by atoms with Crippen molar-refractivity contribution in [2.24, 2.45) is 13.0 Å². The molecule has 1 aliphatic heterocycles. The highest BCUT2D eigenvalue weighted by molar-refractivity contribution is 5.93. The van der Waals surface area contributed by atoms with Gasteiger partial charge in [0.15, 0.2) is 5.69 Å². The number of halogens is 1. The zero-order chi connectivity index (χ0) is 26.2. The summed E-state index contributed by atoms with van der Waals surface area (Å²) >= 11 is 0. The Kier molecular flexibility index (Phi) is 4.89. The van der Waals surface area contributed by atoms with Crippen LogP contribution in [0.2, 0.25) is 0 Å². The molecule has 3 atom stereocenters. The highest BCUT2D eigenvalue weighted by Gasteiger charge is 2.71. The molecule has 3 heterocycles. The third kappa shape index (κ3) is 3.27. The van der Waals surface area contributed by atoms with E-state index < -0.39 is 0 Å². The molecule has 38 heavy (non-hydrogen) atoms.